The molecule has 0 aliphatic rings. The van der Waals surface area contributed by atoms with Gasteiger partial charge in [-0.3, -0.25) is 19.0 Å². The lowest BCUT2D eigenvalue weighted by Crippen LogP contribution is -2.30. The lowest BCUT2D eigenvalue weighted by atomic mass is 10.2. The molecule has 2 N–H and O–H groups in total. The number of rotatable bonds is 6. The summed E-state index contributed by atoms with van der Waals surface area (Å²) in [6.07, 6.45) is 1.50. The van der Waals surface area contributed by atoms with Crippen molar-refractivity contribution < 1.29 is 19.1 Å². The first kappa shape index (κ1) is 19.8. The Morgan fingerprint density at radius 2 is 1.79 bits per heavy atom. The van der Waals surface area contributed by atoms with Gasteiger partial charge in [-0.2, -0.15) is 0 Å². The second-order valence-electron chi connectivity index (χ2n) is 6.16. The van der Waals surface area contributed by atoms with Crippen LogP contribution in [-0.4, -0.2) is 41.0 Å². The highest BCUT2D eigenvalue weighted by molar-refractivity contribution is 6.04. The number of hydrogen-bond donors (Lipinski definition) is 2. The van der Waals surface area contributed by atoms with E-state index >= 15 is 0 Å². The molecular formula is C21H20N4O4. The lowest BCUT2D eigenvalue weighted by Gasteiger charge is -2.11. The van der Waals surface area contributed by atoms with Crippen molar-refractivity contribution in [2.24, 2.45) is 0 Å². The standard InChI is InChI=1S/C21H20N4O4/c1-14-22-12-18(25(14)17-9-4-3-5-10-17)21(28)24-16-8-6-7-15(11-16)20(27)23-13-19(26)29-2/h3-12H,13H2,1-2H3,(H,23,27)(H,24,28). The first-order valence-corrected chi connectivity index (χ1v) is 8.86. The monoisotopic (exact) mass is 392 g/mol. The third-order valence-electron chi connectivity index (χ3n) is 4.19. The van der Waals surface area contributed by atoms with Gasteiger partial charge in [0.2, 0.25) is 0 Å². The highest BCUT2D eigenvalue weighted by atomic mass is 16.5. The molecule has 0 aliphatic heterocycles. The first-order valence-electron chi connectivity index (χ1n) is 8.86. The molecule has 0 unspecified atom stereocenters. The number of nitrogens with one attached hydrogen (secondary N) is 2. The van der Waals surface area contributed by atoms with Gasteiger partial charge in [0.25, 0.3) is 11.8 Å². The summed E-state index contributed by atoms with van der Waals surface area (Å²) in [6.45, 7) is 1.58. The number of imidazole rings is 1. The van der Waals surface area contributed by atoms with Crippen molar-refractivity contribution in [1.29, 1.82) is 0 Å². The largest absolute Gasteiger partial charge is 0.468 e. The molecule has 148 valence electrons. The molecule has 29 heavy (non-hydrogen) atoms. The third-order valence-corrected chi connectivity index (χ3v) is 4.19. The molecule has 0 atom stereocenters. The number of aromatic nitrogens is 2. The van der Waals surface area contributed by atoms with Gasteiger partial charge in [-0.05, 0) is 37.3 Å². The van der Waals surface area contributed by atoms with Crippen LogP contribution in [0.25, 0.3) is 5.69 Å². The lowest BCUT2D eigenvalue weighted by molar-refractivity contribution is -0.139. The van der Waals surface area contributed by atoms with E-state index in [1.54, 1.807) is 22.8 Å². The van der Waals surface area contributed by atoms with Gasteiger partial charge in [0.1, 0.15) is 18.1 Å². The van der Waals surface area contributed by atoms with Crippen LogP contribution in [0.4, 0.5) is 5.69 Å². The molecule has 8 heteroatoms. The van der Waals surface area contributed by atoms with Crippen molar-refractivity contribution in [3.05, 3.63) is 77.9 Å². The van der Waals surface area contributed by atoms with E-state index in [-0.39, 0.29) is 12.5 Å². The Bertz CT molecular complexity index is 1040. The van der Waals surface area contributed by atoms with Crippen molar-refractivity contribution in [2.45, 2.75) is 6.92 Å². The molecule has 0 bridgehead atoms. The average molecular weight is 392 g/mol. The minimum atomic E-state index is -0.549. The van der Waals surface area contributed by atoms with E-state index in [9.17, 15) is 14.4 Å². The number of esters is 1. The molecular weight excluding hydrogens is 372 g/mol. The highest BCUT2D eigenvalue weighted by Crippen LogP contribution is 2.17. The molecule has 1 heterocycles. The fourth-order valence-electron chi connectivity index (χ4n) is 2.77. The van der Waals surface area contributed by atoms with Gasteiger partial charge < -0.3 is 15.4 Å². The SMILES string of the molecule is COC(=O)CNC(=O)c1cccc(NC(=O)c2cnc(C)n2-c2ccccc2)c1. The Kier molecular flexibility index (Phi) is 6.03. The second-order valence-corrected chi connectivity index (χ2v) is 6.16. The average Bonchev–Trinajstić information content (AvgIpc) is 3.14. The molecule has 2 aromatic carbocycles. The van der Waals surface area contributed by atoms with E-state index in [4.69, 9.17) is 0 Å². The number of carbonyl (C=O) groups is 3. The van der Waals surface area contributed by atoms with E-state index in [0.717, 1.165) is 5.69 Å². The number of benzene rings is 2. The number of anilines is 1. The quantitative estimate of drug-likeness (QED) is 0.627. The van der Waals surface area contributed by atoms with Gasteiger partial charge in [0, 0.05) is 16.9 Å². The maximum atomic E-state index is 12.8. The van der Waals surface area contributed by atoms with Crippen LogP contribution in [0.3, 0.4) is 0 Å². The van der Waals surface area contributed by atoms with Crippen LogP contribution in [0.5, 0.6) is 0 Å². The Hall–Kier alpha value is -3.94. The number of hydrogen-bond acceptors (Lipinski definition) is 5. The van der Waals surface area contributed by atoms with Crippen molar-refractivity contribution in [2.75, 3.05) is 19.0 Å². The Balaban J connectivity index is 1.77. The number of aryl methyl sites for hydroxylation is 1. The van der Waals surface area contributed by atoms with E-state index in [1.165, 1.54) is 19.4 Å². The van der Waals surface area contributed by atoms with Crippen LogP contribution in [-0.2, 0) is 9.53 Å². The van der Waals surface area contributed by atoms with Crippen molar-refractivity contribution in [3.63, 3.8) is 0 Å². The van der Waals surface area contributed by atoms with Crippen molar-refractivity contribution in [3.8, 4) is 5.69 Å². The van der Waals surface area contributed by atoms with E-state index in [1.807, 2.05) is 37.3 Å². The topological polar surface area (TPSA) is 102 Å². The zero-order valence-electron chi connectivity index (χ0n) is 16.0. The number of carbonyl (C=O) groups excluding carboxylic acids is 3. The van der Waals surface area contributed by atoms with Crippen LogP contribution in [0.1, 0.15) is 26.7 Å². The first-order chi connectivity index (χ1) is 14.0. The molecule has 0 saturated carbocycles. The van der Waals surface area contributed by atoms with Gasteiger partial charge in [-0.25, -0.2) is 4.98 Å². The smallest absolute Gasteiger partial charge is 0.325 e. The summed E-state index contributed by atoms with van der Waals surface area (Å²) in [4.78, 5) is 40.4. The summed E-state index contributed by atoms with van der Waals surface area (Å²) in [5.41, 5.74) is 1.94. The van der Waals surface area contributed by atoms with Gasteiger partial charge in [-0.15, -0.1) is 0 Å². The van der Waals surface area contributed by atoms with Crippen LogP contribution >= 0.6 is 0 Å². The molecule has 2 amide bonds. The summed E-state index contributed by atoms with van der Waals surface area (Å²) >= 11 is 0. The predicted octanol–water partition coefficient (Wildman–Crippen LogP) is 2.34. The summed E-state index contributed by atoms with van der Waals surface area (Å²) < 4.78 is 6.24. The fourth-order valence-corrected chi connectivity index (χ4v) is 2.77. The van der Waals surface area contributed by atoms with E-state index in [2.05, 4.69) is 20.4 Å². The summed E-state index contributed by atoms with van der Waals surface area (Å²) in [6, 6.07) is 15.9. The minimum Gasteiger partial charge on any atom is -0.468 e. The number of amides is 2. The zero-order chi connectivity index (χ0) is 20.8. The third kappa shape index (κ3) is 4.67. The van der Waals surface area contributed by atoms with Gasteiger partial charge >= 0.3 is 5.97 Å². The molecule has 0 saturated heterocycles. The van der Waals surface area contributed by atoms with Crippen molar-refractivity contribution in [1.82, 2.24) is 14.9 Å². The molecule has 3 rings (SSSR count). The van der Waals surface area contributed by atoms with Crippen LogP contribution in [0.15, 0.2) is 60.8 Å². The molecule has 1 aromatic heterocycles. The van der Waals surface area contributed by atoms with Gasteiger partial charge in [0.15, 0.2) is 0 Å². The normalized spacial score (nSPS) is 10.3. The molecule has 8 nitrogen and oxygen atoms in total. The number of ether oxygens (including phenoxy) is 1. The summed E-state index contributed by atoms with van der Waals surface area (Å²) in [7, 11) is 1.24. The molecule has 0 aliphatic carbocycles. The second kappa shape index (κ2) is 8.83. The van der Waals surface area contributed by atoms with Gasteiger partial charge in [0.05, 0.1) is 13.3 Å². The Morgan fingerprint density at radius 1 is 1.03 bits per heavy atom. The minimum absolute atomic E-state index is 0.235. The summed E-state index contributed by atoms with van der Waals surface area (Å²) in [5, 5.41) is 5.24. The highest BCUT2D eigenvalue weighted by Gasteiger charge is 2.17. The van der Waals surface area contributed by atoms with Crippen LogP contribution in [0.2, 0.25) is 0 Å². The number of methoxy groups -OCH3 is 1. The molecule has 3 aromatic rings. The maximum Gasteiger partial charge on any atom is 0.325 e. The van der Waals surface area contributed by atoms with Crippen LogP contribution in [0, 0.1) is 6.92 Å². The fraction of sp³-hybridized carbons (Fsp3) is 0.143. The number of para-hydroxylation sites is 1. The van der Waals surface area contributed by atoms with Crippen molar-refractivity contribution >= 4 is 23.5 Å². The van der Waals surface area contributed by atoms with E-state index in [0.29, 0.717) is 22.8 Å². The summed E-state index contributed by atoms with van der Waals surface area (Å²) in [5.74, 6) is -0.678. The molecule has 0 fully saturated rings. The molecule has 0 radical (unpaired) electrons. The predicted molar refractivity (Wildman–Crippen MR) is 107 cm³/mol. The maximum absolute atomic E-state index is 12.8. The molecule has 0 spiro atoms. The Labute approximate surface area is 167 Å². The zero-order valence-corrected chi connectivity index (χ0v) is 16.0. The van der Waals surface area contributed by atoms with E-state index < -0.39 is 11.9 Å². The van der Waals surface area contributed by atoms with Crippen LogP contribution < -0.4 is 10.6 Å². The van der Waals surface area contributed by atoms with Gasteiger partial charge in [-0.1, -0.05) is 24.3 Å². The number of nitrogens with zero attached hydrogens (tertiary/aromatic N) is 2. The Morgan fingerprint density at radius 3 is 2.52 bits per heavy atom.